The number of thiophene rings is 1. The predicted molar refractivity (Wildman–Crippen MR) is 100 cm³/mol. The Morgan fingerprint density at radius 2 is 2.24 bits per heavy atom. The van der Waals surface area contributed by atoms with E-state index in [1.165, 1.54) is 10.4 Å². The van der Waals surface area contributed by atoms with Crippen molar-refractivity contribution in [2.75, 3.05) is 5.32 Å². The first-order valence-corrected chi connectivity index (χ1v) is 9.32. The second kappa shape index (κ2) is 6.44. The van der Waals surface area contributed by atoms with Gasteiger partial charge in [0.15, 0.2) is 0 Å². The monoisotopic (exact) mass is 353 g/mol. The highest BCUT2D eigenvalue weighted by atomic mass is 32.1. The molecule has 3 aromatic rings. The Morgan fingerprint density at radius 1 is 1.36 bits per heavy atom. The van der Waals surface area contributed by atoms with Crippen LogP contribution in [0.4, 0.5) is 5.69 Å². The number of hydrogen-bond donors (Lipinski definition) is 2. The predicted octanol–water partition coefficient (Wildman–Crippen LogP) is 3.35. The highest BCUT2D eigenvalue weighted by molar-refractivity contribution is 7.18. The van der Waals surface area contributed by atoms with Gasteiger partial charge in [0.25, 0.3) is 5.56 Å². The van der Waals surface area contributed by atoms with Gasteiger partial charge in [0, 0.05) is 23.4 Å². The van der Waals surface area contributed by atoms with Crippen molar-refractivity contribution in [1.82, 2.24) is 9.97 Å². The number of hydrogen-bond acceptors (Lipinski definition) is 4. The van der Waals surface area contributed by atoms with Crippen LogP contribution in [0.5, 0.6) is 0 Å². The lowest BCUT2D eigenvalue weighted by molar-refractivity contribution is -0.116. The van der Waals surface area contributed by atoms with E-state index in [9.17, 15) is 9.59 Å². The second-order valence-corrected chi connectivity index (χ2v) is 7.55. The number of benzene rings is 1. The van der Waals surface area contributed by atoms with E-state index in [1.807, 2.05) is 31.2 Å². The van der Waals surface area contributed by atoms with Crippen molar-refractivity contribution in [3.05, 3.63) is 56.4 Å². The van der Waals surface area contributed by atoms with Crippen LogP contribution < -0.4 is 10.9 Å². The maximum Gasteiger partial charge on any atom is 0.259 e. The average molecular weight is 353 g/mol. The van der Waals surface area contributed by atoms with Crippen molar-refractivity contribution in [3.63, 3.8) is 0 Å². The lowest BCUT2D eigenvalue weighted by Crippen LogP contribution is -2.16. The number of carbonyl (C=O) groups excluding carboxylic acids is 1. The molecule has 25 heavy (non-hydrogen) atoms. The molecule has 0 saturated heterocycles. The minimum atomic E-state index is -0.0815. The van der Waals surface area contributed by atoms with Gasteiger partial charge in [-0.2, -0.15) is 0 Å². The zero-order valence-corrected chi connectivity index (χ0v) is 14.8. The summed E-state index contributed by atoms with van der Waals surface area (Å²) in [5.74, 6) is 0.499. The summed E-state index contributed by atoms with van der Waals surface area (Å²) >= 11 is 1.62. The number of nitrogens with one attached hydrogen (secondary N) is 2. The van der Waals surface area contributed by atoms with Crippen LogP contribution in [0.25, 0.3) is 10.2 Å². The molecule has 4 rings (SSSR count). The van der Waals surface area contributed by atoms with E-state index in [1.54, 1.807) is 11.3 Å². The molecule has 2 heterocycles. The third kappa shape index (κ3) is 3.22. The molecule has 5 nitrogen and oxygen atoms in total. The minimum absolute atomic E-state index is 0.0708. The van der Waals surface area contributed by atoms with Crippen LogP contribution in [-0.2, 0) is 24.1 Å². The van der Waals surface area contributed by atoms with Crippen molar-refractivity contribution < 1.29 is 4.79 Å². The van der Waals surface area contributed by atoms with Crippen molar-refractivity contribution in [2.24, 2.45) is 0 Å². The molecular formula is C19H19N3O2S. The lowest BCUT2D eigenvalue weighted by Gasteiger charge is -2.06. The van der Waals surface area contributed by atoms with Gasteiger partial charge in [0.05, 0.1) is 5.39 Å². The molecular weight excluding hydrogens is 334 g/mol. The smallest absolute Gasteiger partial charge is 0.259 e. The van der Waals surface area contributed by atoms with Crippen molar-refractivity contribution in [3.8, 4) is 0 Å². The fourth-order valence-corrected chi connectivity index (χ4v) is 4.62. The first-order chi connectivity index (χ1) is 12.1. The molecule has 0 radical (unpaired) electrons. The Morgan fingerprint density at radius 3 is 3.08 bits per heavy atom. The number of rotatable bonds is 4. The fraction of sp³-hybridized carbons (Fsp3) is 0.316. The van der Waals surface area contributed by atoms with Gasteiger partial charge in [0.2, 0.25) is 5.91 Å². The van der Waals surface area contributed by atoms with Crippen LogP contribution in [0.15, 0.2) is 29.1 Å². The Balaban J connectivity index is 1.48. The molecule has 2 N–H and O–H groups in total. The van der Waals surface area contributed by atoms with Gasteiger partial charge in [-0.3, -0.25) is 9.59 Å². The molecule has 0 atom stereocenters. The Hall–Kier alpha value is -2.47. The summed E-state index contributed by atoms with van der Waals surface area (Å²) in [5, 5.41) is 3.64. The van der Waals surface area contributed by atoms with Gasteiger partial charge in [-0.15, -0.1) is 11.3 Å². The van der Waals surface area contributed by atoms with E-state index in [4.69, 9.17) is 0 Å². The second-order valence-electron chi connectivity index (χ2n) is 6.47. The third-order valence-electron chi connectivity index (χ3n) is 4.51. The number of aromatic amines is 1. The van der Waals surface area contributed by atoms with E-state index >= 15 is 0 Å². The van der Waals surface area contributed by atoms with E-state index in [2.05, 4.69) is 15.3 Å². The van der Waals surface area contributed by atoms with Gasteiger partial charge in [-0.05, 0) is 49.4 Å². The lowest BCUT2D eigenvalue weighted by atomic mass is 10.2. The molecule has 1 aliphatic rings. The summed E-state index contributed by atoms with van der Waals surface area (Å²) in [4.78, 5) is 34.1. The van der Waals surface area contributed by atoms with E-state index < -0.39 is 0 Å². The molecule has 0 saturated carbocycles. The van der Waals surface area contributed by atoms with Gasteiger partial charge in [-0.1, -0.05) is 12.1 Å². The average Bonchev–Trinajstić information content (AvgIpc) is 3.13. The zero-order chi connectivity index (χ0) is 17.4. The number of aromatic nitrogens is 2. The quantitative estimate of drug-likeness (QED) is 0.755. The first-order valence-electron chi connectivity index (χ1n) is 8.50. The number of H-pyrrole nitrogens is 1. The van der Waals surface area contributed by atoms with Gasteiger partial charge in [-0.25, -0.2) is 4.98 Å². The molecule has 2 aromatic heterocycles. The molecule has 1 aliphatic carbocycles. The third-order valence-corrected chi connectivity index (χ3v) is 5.70. The van der Waals surface area contributed by atoms with Crippen LogP contribution in [0.3, 0.4) is 0 Å². The summed E-state index contributed by atoms with van der Waals surface area (Å²) in [6, 6.07) is 7.69. The maximum atomic E-state index is 12.4. The summed E-state index contributed by atoms with van der Waals surface area (Å²) in [6.45, 7) is 1.98. The summed E-state index contributed by atoms with van der Waals surface area (Å²) in [6.07, 6.45) is 3.85. The summed E-state index contributed by atoms with van der Waals surface area (Å²) in [7, 11) is 0. The number of anilines is 1. The highest BCUT2D eigenvalue weighted by Crippen LogP contribution is 2.34. The number of nitrogens with zero attached hydrogens (tertiary/aromatic N) is 1. The maximum absolute atomic E-state index is 12.4. The van der Waals surface area contributed by atoms with Crippen LogP contribution in [0.2, 0.25) is 0 Å². The molecule has 0 spiro atoms. The largest absolute Gasteiger partial charge is 0.326 e. The van der Waals surface area contributed by atoms with Crippen molar-refractivity contribution >= 4 is 33.1 Å². The van der Waals surface area contributed by atoms with Crippen LogP contribution in [0, 0.1) is 6.92 Å². The Bertz CT molecular complexity index is 1020. The van der Waals surface area contributed by atoms with Gasteiger partial charge < -0.3 is 10.3 Å². The standard InChI is InChI=1S/C19H19N3O2S/c1-11-4-2-5-12(10-11)20-16(23)9-8-15-21-18(24)17-13-6-3-7-14(13)25-19(17)22-15/h2,4-5,10H,3,6-9H2,1H3,(H,20,23)(H,21,22,24). The number of fused-ring (bicyclic) bond motifs is 3. The molecule has 1 amide bonds. The number of carbonyl (C=O) groups is 1. The van der Waals surface area contributed by atoms with E-state index in [-0.39, 0.29) is 17.9 Å². The zero-order valence-electron chi connectivity index (χ0n) is 14.0. The van der Waals surface area contributed by atoms with E-state index in [0.717, 1.165) is 40.7 Å². The molecule has 6 heteroatoms. The van der Waals surface area contributed by atoms with Crippen LogP contribution >= 0.6 is 11.3 Å². The Labute approximate surface area is 149 Å². The fourth-order valence-electron chi connectivity index (χ4n) is 3.34. The van der Waals surface area contributed by atoms with Crippen LogP contribution in [0.1, 0.15) is 34.7 Å². The van der Waals surface area contributed by atoms with Gasteiger partial charge >= 0.3 is 0 Å². The molecule has 0 aliphatic heterocycles. The van der Waals surface area contributed by atoms with Crippen LogP contribution in [-0.4, -0.2) is 15.9 Å². The SMILES string of the molecule is Cc1cccc(NC(=O)CCc2nc3sc4c(c3c(=O)[nH]2)CCC4)c1. The Kier molecular flexibility index (Phi) is 4.13. The van der Waals surface area contributed by atoms with Crippen molar-refractivity contribution in [2.45, 2.75) is 39.0 Å². The molecule has 0 bridgehead atoms. The normalized spacial score (nSPS) is 13.2. The van der Waals surface area contributed by atoms with E-state index in [0.29, 0.717) is 12.2 Å². The molecule has 1 aromatic carbocycles. The van der Waals surface area contributed by atoms with Crippen molar-refractivity contribution in [1.29, 1.82) is 0 Å². The summed E-state index contributed by atoms with van der Waals surface area (Å²) < 4.78 is 0. The molecule has 0 fully saturated rings. The first kappa shape index (κ1) is 16.0. The summed E-state index contributed by atoms with van der Waals surface area (Å²) in [5.41, 5.74) is 2.99. The number of amides is 1. The molecule has 128 valence electrons. The highest BCUT2D eigenvalue weighted by Gasteiger charge is 2.21. The van der Waals surface area contributed by atoms with Gasteiger partial charge in [0.1, 0.15) is 10.7 Å². The topological polar surface area (TPSA) is 74.8 Å². The minimum Gasteiger partial charge on any atom is -0.326 e. The molecule has 0 unspecified atom stereocenters. The number of aryl methyl sites for hydroxylation is 4.